The van der Waals surface area contributed by atoms with Crippen LogP contribution in [0.4, 0.5) is 0 Å². The van der Waals surface area contributed by atoms with Crippen molar-refractivity contribution in [2.24, 2.45) is 0 Å². The van der Waals surface area contributed by atoms with Crippen molar-refractivity contribution in [2.45, 2.75) is 6.92 Å². The zero-order valence-corrected chi connectivity index (χ0v) is 10.00. The Morgan fingerprint density at radius 3 is 2.56 bits per heavy atom. The Balaban J connectivity index is 2.24. The molecule has 0 bridgehead atoms. The fourth-order valence-electron chi connectivity index (χ4n) is 2.00. The number of fused-ring (bicyclic) bond motifs is 1. The monoisotopic (exact) mass is 236 g/mol. The summed E-state index contributed by atoms with van der Waals surface area (Å²) in [5, 5.41) is 1.03. The van der Waals surface area contributed by atoms with Crippen molar-refractivity contribution < 1.29 is 4.79 Å². The zero-order valence-electron chi connectivity index (χ0n) is 10.00. The first kappa shape index (κ1) is 10.7. The predicted molar refractivity (Wildman–Crippen MR) is 71.1 cm³/mol. The molecule has 2 aromatic heterocycles. The molecular weight excluding hydrogens is 224 g/mol. The fraction of sp³-hybridized carbons (Fsp3) is 0.0667. The van der Waals surface area contributed by atoms with Crippen molar-refractivity contribution in [1.82, 2.24) is 9.55 Å². The number of ketones is 1. The van der Waals surface area contributed by atoms with E-state index < -0.39 is 0 Å². The minimum absolute atomic E-state index is 0.0160. The number of para-hydroxylation sites is 1. The van der Waals surface area contributed by atoms with E-state index in [2.05, 4.69) is 4.98 Å². The van der Waals surface area contributed by atoms with Crippen LogP contribution in [-0.4, -0.2) is 15.3 Å². The standard InChI is InChI=1S/C15H12N2O/c1-11(18)14-8-7-12-9-10-17(15(12)16-14)13-5-3-2-4-6-13/h2-10H,1H3. The first-order valence-electron chi connectivity index (χ1n) is 5.80. The summed E-state index contributed by atoms with van der Waals surface area (Å²) in [5.41, 5.74) is 2.35. The molecule has 3 aromatic rings. The molecule has 3 heteroatoms. The van der Waals surface area contributed by atoms with E-state index in [9.17, 15) is 4.79 Å². The van der Waals surface area contributed by atoms with Gasteiger partial charge in [0.05, 0.1) is 0 Å². The van der Waals surface area contributed by atoms with Crippen LogP contribution in [0, 0.1) is 0 Å². The topological polar surface area (TPSA) is 34.9 Å². The molecule has 0 amide bonds. The zero-order chi connectivity index (χ0) is 12.5. The number of rotatable bonds is 2. The second kappa shape index (κ2) is 4.11. The van der Waals surface area contributed by atoms with Crippen LogP contribution in [0.3, 0.4) is 0 Å². The summed E-state index contributed by atoms with van der Waals surface area (Å²) in [7, 11) is 0. The maximum atomic E-state index is 11.4. The molecule has 2 heterocycles. The van der Waals surface area contributed by atoms with Crippen molar-refractivity contribution in [2.75, 3.05) is 0 Å². The van der Waals surface area contributed by atoms with Crippen LogP contribution < -0.4 is 0 Å². The van der Waals surface area contributed by atoms with Crippen LogP contribution in [0.25, 0.3) is 16.7 Å². The average molecular weight is 236 g/mol. The molecule has 0 aliphatic heterocycles. The number of aromatic nitrogens is 2. The molecule has 0 aliphatic carbocycles. The Morgan fingerprint density at radius 2 is 1.83 bits per heavy atom. The van der Waals surface area contributed by atoms with Crippen LogP contribution in [-0.2, 0) is 0 Å². The number of hydrogen-bond donors (Lipinski definition) is 0. The molecule has 0 N–H and O–H groups in total. The maximum absolute atomic E-state index is 11.4. The summed E-state index contributed by atoms with van der Waals surface area (Å²) < 4.78 is 1.99. The summed E-state index contributed by atoms with van der Waals surface area (Å²) in [6, 6.07) is 15.7. The smallest absolute Gasteiger partial charge is 0.178 e. The van der Waals surface area contributed by atoms with Gasteiger partial charge in [-0.1, -0.05) is 18.2 Å². The number of pyridine rings is 1. The van der Waals surface area contributed by atoms with Gasteiger partial charge in [0, 0.05) is 24.2 Å². The quantitative estimate of drug-likeness (QED) is 0.640. The largest absolute Gasteiger partial charge is 0.301 e. The van der Waals surface area contributed by atoms with Gasteiger partial charge in [0.15, 0.2) is 5.78 Å². The maximum Gasteiger partial charge on any atom is 0.178 e. The lowest BCUT2D eigenvalue weighted by Gasteiger charge is -2.04. The highest BCUT2D eigenvalue weighted by molar-refractivity contribution is 5.94. The summed E-state index contributed by atoms with van der Waals surface area (Å²) >= 11 is 0. The molecule has 0 saturated heterocycles. The molecule has 18 heavy (non-hydrogen) atoms. The van der Waals surface area contributed by atoms with E-state index in [1.54, 1.807) is 6.07 Å². The van der Waals surface area contributed by atoms with Crippen molar-refractivity contribution in [1.29, 1.82) is 0 Å². The highest BCUT2D eigenvalue weighted by Gasteiger charge is 2.07. The van der Waals surface area contributed by atoms with Gasteiger partial charge in [0.1, 0.15) is 11.3 Å². The Bertz CT molecular complexity index is 714. The molecule has 0 radical (unpaired) electrons. The number of hydrogen-bond acceptors (Lipinski definition) is 2. The predicted octanol–water partition coefficient (Wildman–Crippen LogP) is 3.23. The minimum atomic E-state index is -0.0160. The Kier molecular flexibility index (Phi) is 2.45. The minimum Gasteiger partial charge on any atom is -0.301 e. The molecule has 3 rings (SSSR count). The van der Waals surface area contributed by atoms with Gasteiger partial charge in [-0.15, -0.1) is 0 Å². The fourth-order valence-corrected chi connectivity index (χ4v) is 2.00. The van der Waals surface area contributed by atoms with Gasteiger partial charge in [-0.25, -0.2) is 4.98 Å². The summed E-state index contributed by atoms with van der Waals surface area (Å²) in [6.07, 6.45) is 1.97. The van der Waals surface area contributed by atoms with Gasteiger partial charge >= 0.3 is 0 Å². The van der Waals surface area contributed by atoms with Gasteiger partial charge < -0.3 is 4.57 Å². The van der Waals surface area contributed by atoms with E-state index in [4.69, 9.17) is 0 Å². The average Bonchev–Trinajstić information content (AvgIpc) is 2.82. The Labute approximate surface area is 105 Å². The van der Waals surface area contributed by atoms with Crippen LogP contribution in [0.2, 0.25) is 0 Å². The van der Waals surface area contributed by atoms with E-state index in [1.807, 2.05) is 53.2 Å². The van der Waals surface area contributed by atoms with E-state index in [0.29, 0.717) is 5.69 Å². The first-order valence-corrected chi connectivity index (χ1v) is 5.80. The number of carbonyl (C=O) groups excluding carboxylic acids is 1. The SMILES string of the molecule is CC(=O)c1ccc2ccn(-c3ccccc3)c2n1. The lowest BCUT2D eigenvalue weighted by molar-refractivity contribution is 0.101. The van der Waals surface area contributed by atoms with E-state index in [1.165, 1.54) is 6.92 Å². The van der Waals surface area contributed by atoms with Crippen molar-refractivity contribution >= 4 is 16.8 Å². The summed E-state index contributed by atoms with van der Waals surface area (Å²) in [4.78, 5) is 15.8. The highest BCUT2D eigenvalue weighted by Crippen LogP contribution is 2.19. The Morgan fingerprint density at radius 1 is 1.06 bits per heavy atom. The number of carbonyl (C=O) groups is 1. The third kappa shape index (κ3) is 1.70. The number of benzene rings is 1. The number of Topliss-reactive ketones (excluding diaryl/α,β-unsaturated/α-hetero) is 1. The van der Waals surface area contributed by atoms with Gasteiger partial charge in [-0.2, -0.15) is 0 Å². The van der Waals surface area contributed by atoms with Crippen molar-refractivity contribution in [3.63, 3.8) is 0 Å². The van der Waals surface area contributed by atoms with Crippen LogP contribution in [0.5, 0.6) is 0 Å². The molecular formula is C15H12N2O. The highest BCUT2D eigenvalue weighted by atomic mass is 16.1. The lowest BCUT2D eigenvalue weighted by Crippen LogP contribution is -1.99. The first-order chi connectivity index (χ1) is 8.75. The van der Waals surface area contributed by atoms with Crippen LogP contribution >= 0.6 is 0 Å². The van der Waals surface area contributed by atoms with Crippen molar-refractivity contribution in [3.05, 3.63) is 60.4 Å². The summed E-state index contributed by atoms with van der Waals surface area (Å²) in [5.74, 6) is -0.0160. The Hall–Kier alpha value is -2.42. The molecule has 0 unspecified atom stereocenters. The normalized spacial score (nSPS) is 10.7. The molecule has 0 atom stereocenters. The van der Waals surface area contributed by atoms with E-state index in [0.717, 1.165) is 16.7 Å². The molecule has 0 spiro atoms. The summed E-state index contributed by atoms with van der Waals surface area (Å²) in [6.45, 7) is 1.53. The lowest BCUT2D eigenvalue weighted by atomic mass is 10.2. The second-order valence-electron chi connectivity index (χ2n) is 4.19. The molecule has 0 saturated carbocycles. The van der Waals surface area contributed by atoms with E-state index in [-0.39, 0.29) is 5.78 Å². The van der Waals surface area contributed by atoms with Gasteiger partial charge in [-0.3, -0.25) is 4.79 Å². The molecule has 0 aliphatic rings. The molecule has 0 fully saturated rings. The van der Waals surface area contributed by atoms with Crippen molar-refractivity contribution in [3.8, 4) is 5.69 Å². The molecule has 1 aromatic carbocycles. The second-order valence-corrected chi connectivity index (χ2v) is 4.19. The van der Waals surface area contributed by atoms with Gasteiger partial charge in [0.2, 0.25) is 0 Å². The third-order valence-electron chi connectivity index (χ3n) is 2.93. The van der Waals surface area contributed by atoms with Crippen LogP contribution in [0.1, 0.15) is 17.4 Å². The van der Waals surface area contributed by atoms with Gasteiger partial charge in [-0.05, 0) is 30.3 Å². The molecule has 88 valence electrons. The van der Waals surface area contributed by atoms with Gasteiger partial charge in [0.25, 0.3) is 0 Å². The molecule has 3 nitrogen and oxygen atoms in total. The van der Waals surface area contributed by atoms with Crippen LogP contribution in [0.15, 0.2) is 54.7 Å². The third-order valence-corrected chi connectivity index (χ3v) is 2.93. The van der Waals surface area contributed by atoms with E-state index >= 15 is 0 Å². The number of nitrogens with zero attached hydrogens (tertiary/aromatic N) is 2.